The molecule has 0 saturated carbocycles. The van der Waals surface area contributed by atoms with Crippen LogP contribution in [0, 0.1) is 10.1 Å². The van der Waals surface area contributed by atoms with Crippen LogP contribution in [0.25, 0.3) is 0 Å². The summed E-state index contributed by atoms with van der Waals surface area (Å²) in [5.74, 6) is -1.96. The van der Waals surface area contributed by atoms with E-state index in [0.717, 1.165) is 6.07 Å². The number of carbonyl (C=O) groups excluding carboxylic acids is 4. The first-order chi connectivity index (χ1) is 17.6. The zero-order valence-electron chi connectivity index (χ0n) is 20.3. The number of nitro benzene ring substituents is 1. The predicted molar refractivity (Wildman–Crippen MR) is 134 cm³/mol. The van der Waals surface area contributed by atoms with Crippen LogP contribution in [-0.2, 0) is 27.8 Å². The van der Waals surface area contributed by atoms with Crippen molar-refractivity contribution < 1.29 is 28.8 Å². The number of nitrogens with zero attached hydrogens (tertiary/aromatic N) is 2. The first-order valence-corrected chi connectivity index (χ1v) is 11.1. The van der Waals surface area contributed by atoms with Gasteiger partial charge in [0, 0.05) is 36.6 Å². The molecule has 3 N–H and O–H groups in total. The molecule has 12 heteroatoms. The Labute approximate surface area is 211 Å². The molecular weight excluding hydrogens is 482 g/mol. The minimum absolute atomic E-state index is 0.0109. The molecule has 0 aliphatic rings. The Balaban J connectivity index is 1.65. The van der Waals surface area contributed by atoms with Crippen molar-refractivity contribution in [1.29, 1.82) is 0 Å². The van der Waals surface area contributed by atoms with E-state index in [1.54, 1.807) is 31.3 Å². The van der Waals surface area contributed by atoms with Crippen LogP contribution in [0.2, 0.25) is 0 Å². The van der Waals surface area contributed by atoms with E-state index in [9.17, 15) is 29.3 Å². The second kappa shape index (κ2) is 11.6. The van der Waals surface area contributed by atoms with Crippen LogP contribution >= 0.6 is 0 Å². The number of nitro groups is 1. The topological polar surface area (TPSA) is 162 Å². The molecule has 0 aliphatic carbocycles. The maximum absolute atomic E-state index is 12.9. The van der Waals surface area contributed by atoms with Gasteiger partial charge in [-0.25, -0.2) is 4.79 Å². The Bertz CT molecular complexity index is 1360. The van der Waals surface area contributed by atoms with Crippen LogP contribution in [0.4, 0.5) is 17.1 Å². The number of carbonyl (C=O) groups is 4. The number of aryl methyl sites for hydroxylation is 1. The SMILES string of the molecule is COC(=O)C(C)NC(=O)Cc1cccc(NC(=O)c2cc(NC(=O)c3cccc([N+](=O)[O-])c3)cn2C)c1. The monoisotopic (exact) mass is 507 g/mol. The van der Waals surface area contributed by atoms with Crippen LogP contribution in [0.1, 0.15) is 33.3 Å². The van der Waals surface area contributed by atoms with Crippen molar-refractivity contribution in [3.05, 3.63) is 87.7 Å². The third-order valence-electron chi connectivity index (χ3n) is 5.30. The molecule has 1 aromatic heterocycles. The molecule has 1 atom stereocenters. The molecule has 0 fully saturated rings. The number of hydrogen-bond donors (Lipinski definition) is 3. The average Bonchev–Trinajstić information content (AvgIpc) is 3.23. The number of esters is 1. The molecule has 0 bridgehead atoms. The second-order valence-electron chi connectivity index (χ2n) is 8.13. The molecule has 3 rings (SSSR count). The molecule has 0 aliphatic heterocycles. The number of hydrogen-bond acceptors (Lipinski definition) is 7. The van der Waals surface area contributed by atoms with Gasteiger partial charge < -0.3 is 25.3 Å². The van der Waals surface area contributed by atoms with Crippen molar-refractivity contribution >= 4 is 40.8 Å². The van der Waals surface area contributed by atoms with Gasteiger partial charge in [0.05, 0.1) is 24.1 Å². The zero-order chi connectivity index (χ0) is 27.1. The number of nitrogens with one attached hydrogen (secondary N) is 3. The van der Waals surface area contributed by atoms with Gasteiger partial charge in [-0.15, -0.1) is 0 Å². The highest BCUT2D eigenvalue weighted by Gasteiger charge is 2.18. The maximum atomic E-state index is 12.9. The van der Waals surface area contributed by atoms with Gasteiger partial charge in [0.2, 0.25) is 5.91 Å². The van der Waals surface area contributed by atoms with E-state index in [2.05, 4.69) is 20.7 Å². The summed E-state index contributed by atoms with van der Waals surface area (Å²) in [7, 11) is 2.86. The highest BCUT2D eigenvalue weighted by Crippen LogP contribution is 2.19. The van der Waals surface area contributed by atoms with E-state index in [4.69, 9.17) is 0 Å². The third kappa shape index (κ3) is 7.01. The fraction of sp³-hybridized carbons (Fsp3) is 0.200. The molecular formula is C25H25N5O7. The largest absolute Gasteiger partial charge is 0.467 e. The van der Waals surface area contributed by atoms with Gasteiger partial charge in [0.25, 0.3) is 17.5 Å². The molecule has 192 valence electrons. The summed E-state index contributed by atoms with van der Waals surface area (Å²) in [6, 6.07) is 12.7. The van der Waals surface area contributed by atoms with Gasteiger partial charge in [-0.3, -0.25) is 24.5 Å². The number of non-ortho nitro benzene ring substituents is 1. The average molecular weight is 508 g/mol. The molecule has 0 saturated heterocycles. The van der Waals surface area contributed by atoms with Crippen LogP contribution in [0.3, 0.4) is 0 Å². The summed E-state index contributed by atoms with van der Waals surface area (Å²) in [6.45, 7) is 1.51. The number of amides is 3. The van der Waals surface area contributed by atoms with Crippen molar-refractivity contribution in [3.8, 4) is 0 Å². The molecule has 0 radical (unpaired) electrons. The molecule has 37 heavy (non-hydrogen) atoms. The third-order valence-corrected chi connectivity index (χ3v) is 5.30. The van der Waals surface area contributed by atoms with Crippen molar-refractivity contribution in [3.63, 3.8) is 0 Å². The fourth-order valence-corrected chi connectivity index (χ4v) is 3.49. The molecule has 12 nitrogen and oxygen atoms in total. The minimum Gasteiger partial charge on any atom is -0.467 e. The van der Waals surface area contributed by atoms with Gasteiger partial charge >= 0.3 is 5.97 Å². The van der Waals surface area contributed by atoms with Crippen LogP contribution in [0.5, 0.6) is 0 Å². The molecule has 1 unspecified atom stereocenters. The van der Waals surface area contributed by atoms with E-state index in [1.165, 1.54) is 49.1 Å². The molecule has 0 spiro atoms. The summed E-state index contributed by atoms with van der Waals surface area (Å²) in [5.41, 5.74) is 1.52. The zero-order valence-corrected chi connectivity index (χ0v) is 20.3. The first kappa shape index (κ1) is 26.6. The maximum Gasteiger partial charge on any atom is 0.328 e. The highest BCUT2D eigenvalue weighted by molar-refractivity contribution is 6.07. The Hall–Kier alpha value is -5.00. The lowest BCUT2D eigenvalue weighted by Crippen LogP contribution is -2.39. The van der Waals surface area contributed by atoms with Gasteiger partial charge in [-0.1, -0.05) is 18.2 Å². The Morgan fingerprint density at radius 3 is 2.41 bits per heavy atom. The lowest BCUT2D eigenvalue weighted by atomic mass is 10.1. The number of aromatic nitrogens is 1. The van der Waals surface area contributed by atoms with E-state index < -0.39 is 28.7 Å². The summed E-state index contributed by atoms with van der Waals surface area (Å²) in [5, 5.41) is 18.9. The van der Waals surface area contributed by atoms with Crippen LogP contribution in [0.15, 0.2) is 60.8 Å². The van der Waals surface area contributed by atoms with Gasteiger partial charge in [0.1, 0.15) is 11.7 Å². The predicted octanol–water partition coefficient (Wildman–Crippen LogP) is 2.66. The molecule has 3 amide bonds. The normalized spacial score (nSPS) is 11.2. The number of methoxy groups -OCH3 is 1. The lowest BCUT2D eigenvalue weighted by molar-refractivity contribution is -0.384. The smallest absolute Gasteiger partial charge is 0.328 e. The van der Waals surface area contributed by atoms with Crippen molar-refractivity contribution in [2.45, 2.75) is 19.4 Å². The molecule has 3 aromatic rings. The lowest BCUT2D eigenvalue weighted by Gasteiger charge is -2.12. The van der Waals surface area contributed by atoms with E-state index in [-0.39, 0.29) is 29.3 Å². The van der Waals surface area contributed by atoms with Crippen molar-refractivity contribution in [1.82, 2.24) is 9.88 Å². The first-order valence-electron chi connectivity index (χ1n) is 11.1. The Morgan fingerprint density at radius 2 is 1.70 bits per heavy atom. The van der Waals surface area contributed by atoms with Gasteiger partial charge in [-0.2, -0.15) is 0 Å². The summed E-state index contributed by atoms with van der Waals surface area (Å²) in [4.78, 5) is 59.4. The fourth-order valence-electron chi connectivity index (χ4n) is 3.49. The van der Waals surface area contributed by atoms with Crippen LogP contribution in [-0.4, -0.2) is 46.3 Å². The summed E-state index contributed by atoms with van der Waals surface area (Å²) in [6.07, 6.45) is 1.52. The van der Waals surface area contributed by atoms with Crippen LogP contribution < -0.4 is 16.0 Å². The number of rotatable bonds is 9. The standard InChI is InChI=1S/C25H25N5O7/c1-15(25(34)37-3)26-22(31)11-16-6-4-8-18(10-16)27-24(33)21-13-19(14-29(21)2)28-23(32)17-7-5-9-20(12-17)30(35)36/h4-10,12-15H,11H2,1-3H3,(H,26,31)(H,27,33)(H,28,32). The quantitative estimate of drug-likeness (QED) is 0.228. The van der Waals surface area contributed by atoms with Gasteiger partial charge in [-0.05, 0) is 36.8 Å². The molecule has 2 aromatic carbocycles. The second-order valence-corrected chi connectivity index (χ2v) is 8.13. The number of anilines is 2. The van der Waals surface area contributed by atoms with Crippen molar-refractivity contribution in [2.75, 3.05) is 17.7 Å². The summed E-state index contributed by atoms with van der Waals surface area (Å²) < 4.78 is 6.10. The minimum atomic E-state index is -0.788. The molecule has 1 heterocycles. The Kier molecular flexibility index (Phi) is 8.35. The van der Waals surface area contributed by atoms with E-state index in [0.29, 0.717) is 16.9 Å². The van der Waals surface area contributed by atoms with Crippen molar-refractivity contribution in [2.24, 2.45) is 7.05 Å². The number of ether oxygens (including phenoxy) is 1. The van der Waals surface area contributed by atoms with E-state index >= 15 is 0 Å². The van der Waals surface area contributed by atoms with Gasteiger partial charge in [0.15, 0.2) is 0 Å². The number of benzene rings is 2. The summed E-state index contributed by atoms with van der Waals surface area (Å²) >= 11 is 0. The van der Waals surface area contributed by atoms with E-state index in [1.807, 2.05) is 0 Å². The highest BCUT2D eigenvalue weighted by atomic mass is 16.6. The Morgan fingerprint density at radius 1 is 1.00 bits per heavy atom.